The average molecular weight is 363 g/mol. The molecule has 3 aromatic rings. The molecule has 0 aromatic carbocycles. The van der Waals surface area contributed by atoms with Crippen LogP contribution in [-0.2, 0) is 0 Å². The second kappa shape index (κ2) is 6.40. The Morgan fingerprint density at radius 3 is 2.58 bits per heavy atom. The number of nitrogens with zero attached hydrogens (tertiary/aromatic N) is 4. The lowest BCUT2D eigenvalue weighted by Gasteiger charge is -2.16. The van der Waals surface area contributed by atoms with Crippen LogP contribution < -0.4 is 5.32 Å². The Kier molecular flexibility index (Phi) is 4.39. The highest BCUT2D eigenvalue weighted by Gasteiger charge is 2.37. The van der Waals surface area contributed by atoms with Gasteiger partial charge in [0, 0.05) is 23.7 Å². The summed E-state index contributed by atoms with van der Waals surface area (Å²) in [5, 5.41) is 5.99. The number of pyridine rings is 1. The van der Waals surface area contributed by atoms with Crippen molar-refractivity contribution in [3.05, 3.63) is 47.5 Å². The molecule has 0 aliphatic carbocycles. The van der Waals surface area contributed by atoms with E-state index in [9.17, 15) is 18.0 Å². The maximum absolute atomic E-state index is 12.7. The number of hydrogen-bond donors (Lipinski definition) is 1. The van der Waals surface area contributed by atoms with Gasteiger partial charge in [0.25, 0.3) is 5.91 Å². The summed E-state index contributed by atoms with van der Waals surface area (Å²) >= 11 is 0. The van der Waals surface area contributed by atoms with E-state index in [4.69, 9.17) is 0 Å². The first-order chi connectivity index (χ1) is 12.2. The minimum atomic E-state index is -4.53. The van der Waals surface area contributed by atoms with Crippen LogP contribution in [0.3, 0.4) is 0 Å². The van der Waals surface area contributed by atoms with Gasteiger partial charge < -0.3 is 5.32 Å². The van der Waals surface area contributed by atoms with Crippen molar-refractivity contribution < 1.29 is 18.0 Å². The van der Waals surface area contributed by atoms with E-state index in [1.54, 1.807) is 25.4 Å². The SMILES string of the molecule is Cc1cncc(-c2cc(C)n3ncc(C(=O)N[C@H](C)C(F)(F)F)c3n2)c1. The van der Waals surface area contributed by atoms with Gasteiger partial charge in [-0.15, -0.1) is 0 Å². The summed E-state index contributed by atoms with van der Waals surface area (Å²) in [6.45, 7) is 4.54. The van der Waals surface area contributed by atoms with Crippen LogP contribution >= 0.6 is 0 Å². The van der Waals surface area contributed by atoms with E-state index >= 15 is 0 Å². The normalized spacial score (nSPS) is 13.0. The van der Waals surface area contributed by atoms with Crippen molar-refractivity contribution in [3.63, 3.8) is 0 Å². The highest BCUT2D eigenvalue weighted by Crippen LogP contribution is 2.23. The molecule has 0 fully saturated rings. The minimum Gasteiger partial charge on any atom is -0.340 e. The summed E-state index contributed by atoms with van der Waals surface area (Å²) in [6, 6.07) is 1.68. The zero-order valence-electron chi connectivity index (χ0n) is 14.3. The molecule has 3 rings (SSSR count). The molecule has 9 heteroatoms. The molecule has 3 aromatic heterocycles. The van der Waals surface area contributed by atoms with E-state index in [0.717, 1.165) is 18.1 Å². The fraction of sp³-hybridized carbons (Fsp3) is 0.294. The third-order valence-corrected chi connectivity index (χ3v) is 3.90. The molecular weight excluding hydrogens is 347 g/mol. The molecule has 0 spiro atoms. The molecule has 1 N–H and O–H groups in total. The lowest BCUT2D eigenvalue weighted by atomic mass is 10.1. The lowest BCUT2D eigenvalue weighted by Crippen LogP contribution is -2.43. The first-order valence-electron chi connectivity index (χ1n) is 7.82. The van der Waals surface area contributed by atoms with Crippen molar-refractivity contribution >= 4 is 11.6 Å². The van der Waals surface area contributed by atoms with Gasteiger partial charge in [-0.2, -0.15) is 18.3 Å². The number of hydrogen-bond acceptors (Lipinski definition) is 4. The van der Waals surface area contributed by atoms with Crippen LogP contribution in [0, 0.1) is 13.8 Å². The Hall–Kier alpha value is -2.97. The predicted molar refractivity (Wildman–Crippen MR) is 88.7 cm³/mol. The number of carbonyl (C=O) groups excluding carboxylic acids is 1. The van der Waals surface area contributed by atoms with Crippen LogP contribution in [0.4, 0.5) is 13.2 Å². The monoisotopic (exact) mass is 363 g/mol. The number of nitrogens with one attached hydrogen (secondary N) is 1. The van der Waals surface area contributed by atoms with Gasteiger partial charge in [-0.05, 0) is 38.5 Å². The van der Waals surface area contributed by atoms with Gasteiger partial charge in [-0.3, -0.25) is 9.78 Å². The number of rotatable bonds is 3. The van der Waals surface area contributed by atoms with Crippen LogP contribution in [0.5, 0.6) is 0 Å². The van der Waals surface area contributed by atoms with Crippen LogP contribution in [0.2, 0.25) is 0 Å². The molecule has 0 radical (unpaired) electrons. The average Bonchev–Trinajstić information content (AvgIpc) is 2.98. The van der Waals surface area contributed by atoms with Crippen LogP contribution in [0.25, 0.3) is 16.9 Å². The molecule has 0 saturated heterocycles. The number of carbonyl (C=O) groups is 1. The first kappa shape index (κ1) is 17.8. The number of fused-ring (bicyclic) bond motifs is 1. The van der Waals surface area contributed by atoms with Gasteiger partial charge in [0.2, 0.25) is 0 Å². The van der Waals surface area contributed by atoms with E-state index in [1.165, 1.54) is 10.7 Å². The molecule has 0 aliphatic rings. The van der Waals surface area contributed by atoms with Gasteiger partial charge in [0.05, 0.1) is 11.9 Å². The number of aromatic nitrogens is 4. The number of aryl methyl sites for hydroxylation is 2. The summed E-state index contributed by atoms with van der Waals surface area (Å²) < 4.78 is 39.5. The predicted octanol–water partition coefficient (Wildman–Crippen LogP) is 3.09. The molecule has 1 amide bonds. The molecule has 0 aliphatic heterocycles. The van der Waals surface area contributed by atoms with Gasteiger partial charge in [0.1, 0.15) is 11.6 Å². The van der Waals surface area contributed by atoms with Crippen molar-refractivity contribution in [3.8, 4) is 11.3 Å². The Morgan fingerprint density at radius 1 is 1.19 bits per heavy atom. The summed E-state index contributed by atoms with van der Waals surface area (Å²) in [5.41, 5.74) is 3.10. The number of alkyl halides is 3. The highest BCUT2D eigenvalue weighted by atomic mass is 19.4. The number of halogens is 3. The van der Waals surface area contributed by atoms with Crippen LogP contribution in [-0.4, -0.2) is 37.7 Å². The summed E-state index contributed by atoms with van der Waals surface area (Å²) in [4.78, 5) is 20.8. The van der Waals surface area contributed by atoms with E-state index in [0.29, 0.717) is 11.4 Å². The van der Waals surface area contributed by atoms with Crippen molar-refractivity contribution in [2.75, 3.05) is 0 Å². The number of amides is 1. The summed E-state index contributed by atoms with van der Waals surface area (Å²) in [6.07, 6.45) is 0.0185. The Labute approximate surface area is 147 Å². The van der Waals surface area contributed by atoms with E-state index in [-0.39, 0.29) is 11.2 Å². The standard InChI is InChI=1S/C17H16F3N5O/c1-9-4-12(7-21-6-9)14-5-10(2)25-15(24-14)13(8-22-25)16(26)23-11(3)17(18,19)20/h4-8,11H,1-3H3,(H,23,26)/t11-/m1/s1. The maximum atomic E-state index is 12.7. The van der Waals surface area contributed by atoms with E-state index < -0.39 is 18.1 Å². The molecule has 26 heavy (non-hydrogen) atoms. The van der Waals surface area contributed by atoms with Gasteiger partial charge in [-0.25, -0.2) is 9.50 Å². The van der Waals surface area contributed by atoms with E-state index in [2.05, 4.69) is 15.1 Å². The largest absolute Gasteiger partial charge is 0.408 e. The maximum Gasteiger partial charge on any atom is 0.408 e. The van der Waals surface area contributed by atoms with Crippen molar-refractivity contribution in [2.24, 2.45) is 0 Å². The van der Waals surface area contributed by atoms with Gasteiger partial charge >= 0.3 is 6.18 Å². The second-order valence-corrected chi connectivity index (χ2v) is 6.06. The van der Waals surface area contributed by atoms with Gasteiger partial charge in [0.15, 0.2) is 5.65 Å². The molecule has 0 bridgehead atoms. The quantitative estimate of drug-likeness (QED) is 0.776. The zero-order chi connectivity index (χ0) is 19.1. The smallest absolute Gasteiger partial charge is 0.340 e. The molecule has 1 atom stereocenters. The fourth-order valence-electron chi connectivity index (χ4n) is 2.47. The molecule has 0 unspecified atom stereocenters. The Bertz CT molecular complexity index is 980. The fourth-order valence-corrected chi connectivity index (χ4v) is 2.47. The summed E-state index contributed by atoms with van der Waals surface area (Å²) in [7, 11) is 0. The highest BCUT2D eigenvalue weighted by molar-refractivity contribution is 6.00. The molecule has 3 heterocycles. The topological polar surface area (TPSA) is 72.2 Å². The molecule has 0 saturated carbocycles. The molecule has 6 nitrogen and oxygen atoms in total. The van der Waals surface area contributed by atoms with Crippen molar-refractivity contribution in [2.45, 2.75) is 33.0 Å². The van der Waals surface area contributed by atoms with Crippen molar-refractivity contribution in [1.82, 2.24) is 24.9 Å². The minimum absolute atomic E-state index is 0.0216. The summed E-state index contributed by atoms with van der Waals surface area (Å²) in [5.74, 6) is -0.878. The lowest BCUT2D eigenvalue weighted by molar-refractivity contribution is -0.149. The first-order valence-corrected chi connectivity index (χ1v) is 7.82. The zero-order valence-corrected chi connectivity index (χ0v) is 14.3. The second-order valence-electron chi connectivity index (χ2n) is 6.06. The van der Waals surface area contributed by atoms with Crippen LogP contribution in [0.1, 0.15) is 28.5 Å². The molecule has 136 valence electrons. The van der Waals surface area contributed by atoms with Crippen molar-refractivity contribution in [1.29, 1.82) is 0 Å². The molecular formula is C17H16F3N5O. The third-order valence-electron chi connectivity index (χ3n) is 3.90. The third kappa shape index (κ3) is 3.37. The van der Waals surface area contributed by atoms with Crippen LogP contribution in [0.15, 0.2) is 30.7 Å². The van der Waals surface area contributed by atoms with Gasteiger partial charge in [-0.1, -0.05) is 0 Å². The Morgan fingerprint density at radius 2 is 1.92 bits per heavy atom. The van der Waals surface area contributed by atoms with E-state index in [1.807, 2.05) is 18.3 Å². The Balaban J connectivity index is 2.04.